The molecule has 2 rings (SSSR count). The van der Waals surface area contributed by atoms with Gasteiger partial charge in [-0.25, -0.2) is 4.98 Å². The number of nitrogen functional groups attached to an aromatic ring is 1. The molecule has 0 saturated heterocycles. The van der Waals surface area contributed by atoms with E-state index in [1.165, 1.54) is 25.7 Å². The predicted octanol–water partition coefficient (Wildman–Crippen LogP) is 3.05. The van der Waals surface area contributed by atoms with Crippen LogP contribution < -0.4 is 5.73 Å². The van der Waals surface area contributed by atoms with Crippen molar-refractivity contribution >= 4 is 5.95 Å². The molecule has 0 radical (unpaired) electrons. The van der Waals surface area contributed by atoms with Crippen LogP contribution in [-0.4, -0.2) is 15.0 Å². The summed E-state index contributed by atoms with van der Waals surface area (Å²) in [5.74, 6) is 3.38. The molecule has 1 aliphatic carbocycles. The summed E-state index contributed by atoms with van der Waals surface area (Å²) in [6, 6.07) is 0. The molecule has 2 unspecified atom stereocenters. The van der Waals surface area contributed by atoms with Crippen LogP contribution in [0.25, 0.3) is 0 Å². The van der Waals surface area contributed by atoms with Crippen molar-refractivity contribution in [1.82, 2.24) is 15.0 Å². The Morgan fingerprint density at radius 1 is 1.17 bits per heavy atom. The summed E-state index contributed by atoms with van der Waals surface area (Å²) < 4.78 is 0. The van der Waals surface area contributed by atoms with Crippen LogP contribution in [0.4, 0.5) is 5.95 Å². The molecule has 0 aliphatic heterocycles. The summed E-state index contributed by atoms with van der Waals surface area (Å²) in [5, 5.41) is 0. The average Bonchev–Trinajstić information content (AvgIpc) is 2.75. The minimum absolute atomic E-state index is 0.0748. The molecule has 18 heavy (non-hydrogen) atoms. The van der Waals surface area contributed by atoms with E-state index in [1.54, 1.807) is 0 Å². The maximum atomic E-state index is 5.83. The van der Waals surface area contributed by atoms with Gasteiger partial charge in [-0.3, -0.25) is 0 Å². The zero-order valence-electron chi connectivity index (χ0n) is 11.9. The van der Waals surface area contributed by atoms with Gasteiger partial charge in [-0.1, -0.05) is 34.1 Å². The molecule has 4 nitrogen and oxygen atoms in total. The molecule has 1 aromatic heterocycles. The van der Waals surface area contributed by atoms with E-state index in [4.69, 9.17) is 5.73 Å². The largest absolute Gasteiger partial charge is 0.368 e. The zero-order chi connectivity index (χ0) is 13.3. The van der Waals surface area contributed by atoms with Gasteiger partial charge in [0, 0.05) is 11.3 Å². The molecule has 0 spiro atoms. The lowest BCUT2D eigenvalue weighted by Crippen LogP contribution is -2.20. The number of nitrogens with zero attached hydrogens (tertiary/aromatic N) is 3. The Labute approximate surface area is 109 Å². The summed E-state index contributed by atoms with van der Waals surface area (Å²) in [4.78, 5) is 13.3. The second kappa shape index (κ2) is 4.82. The average molecular weight is 248 g/mol. The summed E-state index contributed by atoms with van der Waals surface area (Å²) in [6.07, 6.45) is 4.93. The number of nitrogens with two attached hydrogens (primary N) is 1. The minimum atomic E-state index is -0.0748. The van der Waals surface area contributed by atoms with Crippen molar-refractivity contribution in [2.45, 2.75) is 64.7 Å². The van der Waals surface area contributed by atoms with Crippen molar-refractivity contribution in [3.63, 3.8) is 0 Å². The van der Waals surface area contributed by atoms with E-state index in [0.29, 0.717) is 11.9 Å². The molecule has 1 saturated carbocycles. The highest BCUT2D eigenvalue weighted by atomic mass is 15.1. The first-order valence-corrected chi connectivity index (χ1v) is 6.92. The Bertz CT molecular complexity index is 422. The van der Waals surface area contributed by atoms with Crippen LogP contribution >= 0.6 is 0 Å². The molecule has 1 fully saturated rings. The highest BCUT2D eigenvalue weighted by Gasteiger charge is 2.28. The lowest BCUT2D eigenvalue weighted by molar-refractivity contribution is 0.505. The van der Waals surface area contributed by atoms with Crippen LogP contribution in [0, 0.1) is 5.92 Å². The van der Waals surface area contributed by atoms with E-state index < -0.39 is 0 Å². The fraction of sp³-hybridized carbons (Fsp3) is 0.786. The van der Waals surface area contributed by atoms with Crippen molar-refractivity contribution in [3.8, 4) is 0 Å². The van der Waals surface area contributed by atoms with E-state index >= 15 is 0 Å². The Kier molecular flexibility index (Phi) is 3.55. The second-order valence-electron chi connectivity index (χ2n) is 6.41. The molecule has 1 heterocycles. The maximum absolute atomic E-state index is 5.83. The van der Waals surface area contributed by atoms with Gasteiger partial charge in [-0.05, 0) is 25.2 Å². The molecule has 2 N–H and O–H groups in total. The summed E-state index contributed by atoms with van der Waals surface area (Å²) >= 11 is 0. The van der Waals surface area contributed by atoms with Gasteiger partial charge in [-0.15, -0.1) is 0 Å². The van der Waals surface area contributed by atoms with E-state index in [1.807, 2.05) is 0 Å². The molecule has 100 valence electrons. The highest BCUT2D eigenvalue weighted by Crippen LogP contribution is 2.38. The number of anilines is 1. The topological polar surface area (TPSA) is 64.7 Å². The third-order valence-electron chi connectivity index (χ3n) is 3.82. The summed E-state index contributed by atoms with van der Waals surface area (Å²) in [6.45, 7) is 8.58. The second-order valence-corrected chi connectivity index (χ2v) is 6.41. The number of aromatic nitrogens is 3. The first-order chi connectivity index (χ1) is 8.40. The van der Waals surface area contributed by atoms with Gasteiger partial charge in [0.15, 0.2) is 0 Å². The molecule has 4 heteroatoms. The van der Waals surface area contributed by atoms with Crippen LogP contribution in [0.3, 0.4) is 0 Å². The lowest BCUT2D eigenvalue weighted by atomic mass is 9.95. The first-order valence-electron chi connectivity index (χ1n) is 6.92. The van der Waals surface area contributed by atoms with E-state index in [2.05, 4.69) is 42.6 Å². The highest BCUT2D eigenvalue weighted by molar-refractivity contribution is 5.20. The maximum Gasteiger partial charge on any atom is 0.223 e. The molecular weight excluding hydrogens is 224 g/mol. The van der Waals surface area contributed by atoms with E-state index in [0.717, 1.165) is 17.6 Å². The van der Waals surface area contributed by atoms with Crippen LogP contribution in [-0.2, 0) is 5.41 Å². The Hall–Kier alpha value is -1.19. The van der Waals surface area contributed by atoms with E-state index in [9.17, 15) is 0 Å². The molecule has 2 atom stereocenters. The third kappa shape index (κ3) is 2.79. The van der Waals surface area contributed by atoms with Gasteiger partial charge in [0.05, 0.1) is 0 Å². The standard InChI is InChI=1S/C14H24N4/c1-5-9-6-7-10(8-9)11-16-12(14(2,3)4)18-13(15)17-11/h9-10H,5-8H2,1-4H3,(H2,15,16,17,18). The number of rotatable bonds is 2. The van der Waals surface area contributed by atoms with Gasteiger partial charge in [0.25, 0.3) is 0 Å². The van der Waals surface area contributed by atoms with Crippen LogP contribution in [0.15, 0.2) is 0 Å². The molecular formula is C14H24N4. The van der Waals surface area contributed by atoms with Crippen molar-refractivity contribution in [3.05, 3.63) is 11.6 Å². The van der Waals surface area contributed by atoms with Gasteiger partial charge in [0.2, 0.25) is 5.95 Å². The molecule has 0 bridgehead atoms. The predicted molar refractivity (Wildman–Crippen MR) is 73.3 cm³/mol. The van der Waals surface area contributed by atoms with Crippen LogP contribution in [0.2, 0.25) is 0 Å². The Morgan fingerprint density at radius 2 is 1.89 bits per heavy atom. The quantitative estimate of drug-likeness (QED) is 0.873. The smallest absolute Gasteiger partial charge is 0.223 e. The van der Waals surface area contributed by atoms with Crippen molar-refractivity contribution < 1.29 is 0 Å². The van der Waals surface area contributed by atoms with Gasteiger partial charge in [0.1, 0.15) is 11.6 Å². The fourth-order valence-electron chi connectivity index (χ4n) is 2.61. The zero-order valence-corrected chi connectivity index (χ0v) is 11.9. The summed E-state index contributed by atoms with van der Waals surface area (Å²) in [5.41, 5.74) is 5.75. The number of hydrogen-bond donors (Lipinski definition) is 1. The van der Waals surface area contributed by atoms with Crippen LogP contribution in [0.1, 0.15) is 70.9 Å². The Balaban J connectivity index is 2.26. The van der Waals surface area contributed by atoms with E-state index in [-0.39, 0.29) is 5.41 Å². The molecule has 1 aromatic rings. The summed E-state index contributed by atoms with van der Waals surface area (Å²) in [7, 11) is 0. The lowest BCUT2D eigenvalue weighted by Gasteiger charge is -2.18. The Morgan fingerprint density at radius 3 is 2.44 bits per heavy atom. The number of hydrogen-bond acceptors (Lipinski definition) is 4. The van der Waals surface area contributed by atoms with Crippen molar-refractivity contribution in [1.29, 1.82) is 0 Å². The third-order valence-corrected chi connectivity index (χ3v) is 3.82. The first kappa shape index (κ1) is 13.2. The SMILES string of the molecule is CCC1CCC(c2nc(N)nc(C(C)(C)C)n2)C1. The fourth-order valence-corrected chi connectivity index (χ4v) is 2.61. The van der Waals surface area contributed by atoms with Gasteiger partial charge in [-0.2, -0.15) is 9.97 Å². The van der Waals surface area contributed by atoms with Crippen molar-refractivity contribution in [2.24, 2.45) is 5.92 Å². The monoisotopic (exact) mass is 248 g/mol. The molecule has 0 amide bonds. The van der Waals surface area contributed by atoms with Gasteiger partial charge < -0.3 is 5.73 Å². The van der Waals surface area contributed by atoms with Crippen molar-refractivity contribution in [2.75, 3.05) is 5.73 Å². The van der Waals surface area contributed by atoms with Gasteiger partial charge >= 0.3 is 0 Å². The minimum Gasteiger partial charge on any atom is -0.368 e. The normalized spacial score (nSPS) is 24.4. The molecule has 0 aromatic carbocycles. The molecule has 1 aliphatic rings. The van der Waals surface area contributed by atoms with Crippen LogP contribution in [0.5, 0.6) is 0 Å².